The molecule has 0 atom stereocenters. The van der Waals surface area contributed by atoms with Gasteiger partial charge in [0.2, 0.25) is 5.91 Å². The van der Waals surface area contributed by atoms with Gasteiger partial charge in [-0.15, -0.1) is 0 Å². The van der Waals surface area contributed by atoms with Gasteiger partial charge in [-0.25, -0.2) is 0 Å². The number of anilines is 2. The van der Waals surface area contributed by atoms with Crippen LogP contribution in [0.25, 0.3) is 0 Å². The topological polar surface area (TPSA) is 50.4 Å². The molecule has 0 aliphatic carbocycles. The van der Waals surface area contributed by atoms with Crippen LogP contribution < -0.4 is 15.4 Å². The van der Waals surface area contributed by atoms with Crippen LogP contribution in [0.5, 0.6) is 5.75 Å². The molecule has 0 saturated carbocycles. The van der Waals surface area contributed by atoms with E-state index in [9.17, 15) is 4.79 Å². The lowest BCUT2D eigenvalue weighted by Gasteiger charge is -2.10. The molecule has 0 saturated heterocycles. The lowest BCUT2D eigenvalue weighted by Crippen LogP contribution is -2.21. The Morgan fingerprint density at radius 1 is 0.885 bits per heavy atom. The van der Waals surface area contributed by atoms with Crippen LogP contribution in [-0.4, -0.2) is 12.5 Å². The van der Waals surface area contributed by atoms with Gasteiger partial charge in [0, 0.05) is 16.4 Å². The first-order chi connectivity index (χ1) is 12.7. The first-order valence-corrected chi connectivity index (χ1v) is 8.63. The third-order valence-electron chi connectivity index (χ3n) is 3.66. The highest BCUT2D eigenvalue weighted by molar-refractivity contribution is 6.30. The number of carbonyl (C=O) groups is 1. The summed E-state index contributed by atoms with van der Waals surface area (Å²) in [6, 6.07) is 24.6. The van der Waals surface area contributed by atoms with Gasteiger partial charge < -0.3 is 15.4 Å². The minimum Gasteiger partial charge on any atom is -0.489 e. The zero-order valence-corrected chi connectivity index (χ0v) is 14.9. The molecule has 0 bridgehead atoms. The zero-order chi connectivity index (χ0) is 18.2. The van der Waals surface area contributed by atoms with Crippen molar-refractivity contribution in [2.24, 2.45) is 0 Å². The van der Waals surface area contributed by atoms with Crippen molar-refractivity contribution in [2.75, 3.05) is 17.2 Å². The lowest BCUT2D eigenvalue weighted by atomic mass is 10.2. The van der Waals surface area contributed by atoms with Gasteiger partial charge in [0.05, 0.1) is 6.54 Å². The second-order valence-electron chi connectivity index (χ2n) is 5.71. The number of hydrogen-bond acceptors (Lipinski definition) is 3. The average molecular weight is 367 g/mol. The van der Waals surface area contributed by atoms with Crippen molar-refractivity contribution in [2.45, 2.75) is 6.61 Å². The third kappa shape index (κ3) is 5.53. The summed E-state index contributed by atoms with van der Waals surface area (Å²) in [4.78, 5) is 12.0. The second kappa shape index (κ2) is 8.92. The Morgan fingerprint density at radius 2 is 1.65 bits per heavy atom. The normalized spacial score (nSPS) is 10.2. The van der Waals surface area contributed by atoms with Crippen LogP contribution in [0.1, 0.15) is 5.56 Å². The van der Waals surface area contributed by atoms with E-state index in [2.05, 4.69) is 10.6 Å². The number of hydrogen-bond donors (Lipinski definition) is 2. The number of benzene rings is 3. The van der Waals surface area contributed by atoms with Crippen molar-refractivity contribution < 1.29 is 9.53 Å². The number of halogens is 1. The molecule has 0 radical (unpaired) electrons. The van der Waals surface area contributed by atoms with Crippen LogP contribution in [0.3, 0.4) is 0 Å². The minimum atomic E-state index is -0.142. The molecular formula is C21H19ClN2O2. The Kier molecular flexibility index (Phi) is 6.12. The van der Waals surface area contributed by atoms with Gasteiger partial charge >= 0.3 is 0 Å². The molecule has 26 heavy (non-hydrogen) atoms. The van der Waals surface area contributed by atoms with Gasteiger partial charge in [-0.3, -0.25) is 4.79 Å². The predicted octanol–water partition coefficient (Wildman–Crippen LogP) is 4.97. The molecule has 3 aromatic rings. The van der Waals surface area contributed by atoms with Crippen LogP contribution in [0.4, 0.5) is 11.4 Å². The summed E-state index contributed by atoms with van der Waals surface area (Å²) < 4.78 is 5.74. The Balaban J connectivity index is 1.46. The fourth-order valence-corrected chi connectivity index (χ4v) is 2.55. The van der Waals surface area contributed by atoms with Crippen molar-refractivity contribution >= 4 is 28.9 Å². The van der Waals surface area contributed by atoms with Gasteiger partial charge in [-0.1, -0.05) is 48.0 Å². The standard InChI is InChI=1S/C21H19ClN2O2/c22-17-7-4-8-19(13-17)24-21(25)14-23-18-9-11-20(12-10-18)26-15-16-5-2-1-3-6-16/h1-13,23H,14-15H2,(H,24,25). The molecule has 0 aromatic heterocycles. The van der Waals surface area contributed by atoms with Crippen molar-refractivity contribution in [1.82, 2.24) is 0 Å². The summed E-state index contributed by atoms with van der Waals surface area (Å²) in [5.41, 5.74) is 2.64. The molecule has 3 aromatic carbocycles. The average Bonchev–Trinajstić information content (AvgIpc) is 2.66. The van der Waals surface area contributed by atoms with Crippen molar-refractivity contribution in [3.8, 4) is 5.75 Å². The number of rotatable bonds is 7. The molecule has 0 fully saturated rings. The highest BCUT2D eigenvalue weighted by Crippen LogP contribution is 2.17. The van der Waals surface area contributed by atoms with E-state index in [0.717, 1.165) is 17.0 Å². The van der Waals surface area contributed by atoms with Gasteiger partial charge in [0.1, 0.15) is 12.4 Å². The molecule has 0 heterocycles. The van der Waals surface area contributed by atoms with E-state index in [1.807, 2.05) is 54.6 Å². The molecule has 5 heteroatoms. The molecule has 3 rings (SSSR count). The molecule has 1 amide bonds. The highest BCUT2D eigenvalue weighted by Gasteiger charge is 2.03. The second-order valence-corrected chi connectivity index (χ2v) is 6.15. The van der Waals surface area contributed by atoms with Gasteiger partial charge in [0.15, 0.2) is 0 Å². The molecule has 0 aliphatic rings. The summed E-state index contributed by atoms with van der Waals surface area (Å²) in [6.45, 7) is 0.687. The predicted molar refractivity (Wildman–Crippen MR) is 106 cm³/mol. The number of nitrogens with one attached hydrogen (secondary N) is 2. The van der Waals surface area contributed by atoms with Gasteiger partial charge in [-0.2, -0.15) is 0 Å². The first kappa shape index (κ1) is 17.8. The smallest absolute Gasteiger partial charge is 0.243 e. The largest absolute Gasteiger partial charge is 0.489 e. The van der Waals surface area contributed by atoms with Crippen LogP contribution >= 0.6 is 11.6 Å². The maximum atomic E-state index is 12.0. The third-order valence-corrected chi connectivity index (χ3v) is 3.90. The molecule has 4 nitrogen and oxygen atoms in total. The fourth-order valence-electron chi connectivity index (χ4n) is 2.36. The maximum absolute atomic E-state index is 12.0. The Bertz CT molecular complexity index is 851. The van der Waals surface area contributed by atoms with E-state index in [1.54, 1.807) is 24.3 Å². The van der Waals surface area contributed by atoms with E-state index >= 15 is 0 Å². The van der Waals surface area contributed by atoms with E-state index in [1.165, 1.54) is 0 Å². The van der Waals surface area contributed by atoms with Crippen LogP contribution in [0, 0.1) is 0 Å². The SMILES string of the molecule is O=C(CNc1ccc(OCc2ccccc2)cc1)Nc1cccc(Cl)c1. The van der Waals surface area contributed by atoms with Crippen molar-refractivity contribution in [1.29, 1.82) is 0 Å². The van der Waals surface area contributed by atoms with Crippen molar-refractivity contribution in [3.05, 3.63) is 89.4 Å². The zero-order valence-electron chi connectivity index (χ0n) is 14.1. The van der Waals surface area contributed by atoms with Gasteiger partial charge in [-0.05, 0) is 48.0 Å². The van der Waals surface area contributed by atoms with Crippen LogP contribution in [-0.2, 0) is 11.4 Å². The Hall–Kier alpha value is -2.98. The molecule has 0 unspecified atom stereocenters. The highest BCUT2D eigenvalue weighted by atomic mass is 35.5. The van der Waals surface area contributed by atoms with E-state index < -0.39 is 0 Å². The quantitative estimate of drug-likeness (QED) is 0.620. The van der Waals surface area contributed by atoms with E-state index in [4.69, 9.17) is 16.3 Å². The number of ether oxygens (including phenoxy) is 1. The summed E-state index contributed by atoms with van der Waals surface area (Å²) in [5.74, 6) is 0.638. The molecule has 0 spiro atoms. The van der Waals surface area contributed by atoms with Crippen LogP contribution in [0.15, 0.2) is 78.9 Å². The monoisotopic (exact) mass is 366 g/mol. The Labute approximate surface area is 157 Å². The summed E-state index contributed by atoms with van der Waals surface area (Å²) in [7, 11) is 0. The summed E-state index contributed by atoms with van der Waals surface area (Å²) >= 11 is 5.90. The van der Waals surface area contributed by atoms with Gasteiger partial charge in [0.25, 0.3) is 0 Å². The minimum absolute atomic E-state index is 0.142. The molecule has 132 valence electrons. The summed E-state index contributed by atoms with van der Waals surface area (Å²) in [6.07, 6.45) is 0. The first-order valence-electron chi connectivity index (χ1n) is 8.25. The van der Waals surface area contributed by atoms with Crippen LogP contribution in [0.2, 0.25) is 5.02 Å². The van der Waals surface area contributed by atoms with Crippen molar-refractivity contribution in [3.63, 3.8) is 0 Å². The molecular weight excluding hydrogens is 348 g/mol. The lowest BCUT2D eigenvalue weighted by molar-refractivity contribution is -0.114. The molecule has 0 aliphatic heterocycles. The number of carbonyl (C=O) groups excluding carboxylic acids is 1. The maximum Gasteiger partial charge on any atom is 0.243 e. The Morgan fingerprint density at radius 3 is 2.38 bits per heavy atom. The molecule has 2 N–H and O–H groups in total. The number of amides is 1. The van der Waals surface area contributed by atoms with E-state index in [0.29, 0.717) is 17.3 Å². The van der Waals surface area contributed by atoms with E-state index in [-0.39, 0.29) is 12.5 Å². The fraction of sp³-hybridized carbons (Fsp3) is 0.0952. The summed E-state index contributed by atoms with van der Waals surface area (Å²) in [5, 5.41) is 6.46.